The minimum Gasteiger partial charge on any atom is -0.463 e. The summed E-state index contributed by atoms with van der Waals surface area (Å²) in [5.74, 6) is -2.51. The van der Waals surface area contributed by atoms with Crippen molar-refractivity contribution in [2.75, 3.05) is 6.61 Å². The van der Waals surface area contributed by atoms with Crippen molar-refractivity contribution in [1.29, 1.82) is 0 Å². The fourth-order valence-electron chi connectivity index (χ4n) is 2.01. The van der Waals surface area contributed by atoms with Gasteiger partial charge in [0.05, 0.1) is 0 Å². The molecular formula is C14H19O9. The molecule has 23 heavy (non-hydrogen) atoms. The molecule has 1 aliphatic rings. The number of esters is 4. The van der Waals surface area contributed by atoms with Gasteiger partial charge in [0.1, 0.15) is 19.3 Å². The Balaban J connectivity index is 2.98. The molecule has 1 rings (SSSR count). The fourth-order valence-corrected chi connectivity index (χ4v) is 2.01. The van der Waals surface area contributed by atoms with Gasteiger partial charge in [-0.1, -0.05) is 0 Å². The van der Waals surface area contributed by atoms with Gasteiger partial charge in [0.15, 0.2) is 18.3 Å². The van der Waals surface area contributed by atoms with Crippen LogP contribution in [0.25, 0.3) is 0 Å². The van der Waals surface area contributed by atoms with Crippen molar-refractivity contribution < 1.29 is 42.9 Å². The zero-order valence-electron chi connectivity index (χ0n) is 13.3. The maximum Gasteiger partial charge on any atom is 0.303 e. The first-order chi connectivity index (χ1) is 10.7. The van der Waals surface area contributed by atoms with E-state index in [9.17, 15) is 19.2 Å². The van der Waals surface area contributed by atoms with E-state index in [2.05, 4.69) is 0 Å². The quantitative estimate of drug-likeness (QED) is 0.503. The normalized spacial score (nSPS) is 26.8. The molecule has 0 saturated carbocycles. The second-order valence-corrected chi connectivity index (χ2v) is 4.84. The number of carbonyl (C=O) groups is 4. The van der Waals surface area contributed by atoms with Crippen LogP contribution in [0.3, 0.4) is 0 Å². The summed E-state index contributed by atoms with van der Waals surface area (Å²) in [6.45, 7) is 5.61. The Hall–Kier alpha value is -2.16. The SMILES string of the molecule is CC(=O)OC[C@H]1O[CH][C@H](OC(C)=O)[C@@H](OC(C)=O)[C@H]1OC(C)=O. The van der Waals surface area contributed by atoms with E-state index in [1.807, 2.05) is 0 Å². The number of hydrogen-bond donors (Lipinski definition) is 0. The van der Waals surface area contributed by atoms with E-state index in [1.165, 1.54) is 13.8 Å². The third-order valence-electron chi connectivity index (χ3n) is 2.76. The summed E-state index contributed by atoms with van der Waals surface area (Å²) in [4.78, 5) is 44.7. The van der Waals surface area contributed by atoms with Crippen LogP contribution >= 0.6 is 0 Å². The van der Waals surface area contributed by atoms with Crippen LogP contribution in [0.5, 0.6) is 0 Å². The first kappa shape index (κ1) is 18.9. The van der Waals surface area contributed by atoms with Gasteiger partial charge in [0.2, 0.25) is 0 Å². The van der Waals surface area contributed by atoms with E-state index < -0.39 is 48.3 Å². The molecule has 0 aliphatic carbocycles. The average Bonchev–Trinajstić information content (AvgIpc) is 2.39. The first-order valence-electron chi connectivity index (χ1n) is 6.84. The topological polar surface area (TPSA) is 114 Å². The highest BCUT2D eigenvalue weighted by Crippen LogP contribution is 2.27. The van der Waals surface area contributed by atoms with E-state index in [-0.39, 0.29) is 6.61 Å². The number of rotatable bonds is 5. The van der Waals surface area contributed by atoms with Crippen LogP contribution in [0.2, 0.25) is 0 Å². The third kappa shape index (κ3) is 6.23. The van der Waals surface area contributed by atoms with Crippen LogP contribution in [-0.4, -0.2) is 54.9 Å². The maximum atomic E-state index is 11.3. The summed E-state index contributed by atoms with van der Waals surface area (Å²) in [5.41, 5.74) is 0. The molecule has 1 saturated heterocycles. The molecule has 0 spiro atoms. The minimum atomic E-state index is -1.12. The third-order valence-corrected chi connectivity index (χ3v) is 2.76. The molecule has 1 fully saturated rings. The highest BCUT2D eigenvalue weighted by atomic mass is 16.7. The average molecular weight is 331 g/mol. The Labute approximate surface area is 133 Å². The van der Waals surface area contributed by atoms with Gasteiger partial charge in [-0.2, -0.15) is 0 Å². The molecule has 0 aromatic heterocycles. The van der Waals surface area contributed by atoms with Gasteiger partial charge in [0, 0.05) is 27.7 Å². The fraction of sp³-hybridized carbons (Fsp3) is 0.643. The Morgan fingerprint density at radius 3 is 1.83 bits per heavy atom. The lowest BCUT2D eigenvalue weighted by atomic mass is 9.99. The Morgan fingerprint density at radius 1 is 0.826 bits per heavy atom. The van der Waals surface area contributed by atoms with E-state index in [4.69, 9.17) is 23.7 Å². The molecule has 4 atom stereocenters. The molecule has 1 aliphatic heterocycles. The lowest BCUT2D eigenvalue weighted by Gasteiger charge is -2.39. The number of hydrogen-bond acceptors (Lipinski definition) is 9. The molecule has 0 N–H and O–H groups in total. The molecule has 0 aromatic rings. The lowest BCUT2D eigenvalue weighted by molar-refractivity contribution is -0.217. The first-order valence-corrected chi connectivity index (χ1v) is 6.84. The molecular weight excluding hydrogens is 312 g/mol. The zero-order chi connectivity index (χ0) is 17.6. The van der Waals surface area contributed by atoms with E-state index in [0.29, 0.717) is 0 Å². The Morgan fingerprint density at radius 2 is 1.35 bits per heavy atom. The van der Waals surface area contributed by atoms with Gasteiger partial charge in [-0.3, -0.25) is 19.2 Å². The van der Waals surface area contributed by atoms with Crippen LogP contribution in [0.4, 0.5) is 0 Å². The summed E-state index contributed by atoms with van der Waals surface area (Å²) < 4.78 is 25.4. The molecule has 9 heteroatoms. The standard InChI is InChI=1S/C14H19O9/c1-7(15)19-5-11-13(22-9(3)17)14(23-10(4)18)12(6-20-11)21-8(2)16/h6,11-14H,5H2,1-4H3/t11-,12+,13+,14-/m1/s1. The van der Waals surface area contributed by atoms with Crippen LogP contribution in [0, 0.1) is 6.61 Å². The second kappa shape index (κ2) is 8.47. The second-order valence-electron chi connectivity index (χ2n) is 4.84. The van der Waals surface area contributed by atoms with Crippen molar-refractivity contribution in [1.82, 2.24) is 0 Å². The monoisotopic (exact) mass is 331 g/mol. The van der Waals surface area contributed by atoms with Crippen molar-refractivity contribution in [2.45, 2.75) is 52.1 Å². The lowest BCUT2D eigenvalue weighted by Crippen LogP contribution is -2.57. The maximum absolute atomic E-state index is 11.3. The van der Waals surface area contributed by atoms with Crippen molar-refractivity contribution in [3.05, 3.63) is 6.61 Å². The molecule has 0 amide bonds. The highest BCUT2D eigenvalue weighted by molar-refractivity contribution is 5.68. The summed E-state index contributed by atoms with van der Waals surface area (Å²) >= 11 is 0. The Kier molecular flexibility index (Phi) is 6.95. The number of ether oxygens (including phenoxy) is 5. The smallest absolute Gasteiger partial charge is 0.303 e. The molecule has 9 nitrogen and oxygen atoms in total. The largest absolute Gasteiger partial charge is 0.463 e. The molecule has 0 bridgehead atoms. The summed E-state index contributed by atoms with van der Waals surface area (Å²) in [6, 6.07) is 0. The van der Waals surface area contributed by atoms with Gasteiger partial charge >= 0.3 is 23.9 Å². The van der Waals surface area contributed by atoms with Gasteiger partial charge < -0.3 is 23.7 Å². The van der Waals surface area contributed by atoms with Crippen LogP contribution in [0.15, 0.2) is 0 Å². The molecule has 0 unspecified atom stereocenters. The van der Waals surface area contributed by atoms with E-state index in [0.717, 1.165) is 20.5 Å². The van der Waals surface area contributed by atoms with Crippen molar-refractivity contribution >= 4 is 23.9 Å². The predicted molar refractivity (Wildman–Crippen MR) is 72.5 cm³/mol. The molecule has 1 radical (unpaired) electrons. The zero-order valence-corrected chi connectivity index (χ0v) is 13.3. The summed E-state index contributed by atoms with van der Waals surface area (Å²) in [5, 5.41) is 0. The molecule has 1 heterocycles. The highest BCUT2D eigenvalue weighted by Gasteiger charge is 2.47. The molecule has 0 aromatic carbocycles. The van der Waals surface area contributed by atoms with Crippen LogP contribution < -0.4 is 0 Å². The number of carbonyl (C=O) groups excluding carboxylic acids is 4. The predicted octanol–water partition coefficient (Wildman–Crippen LogP) is -0.0948. The van der Waals surface area contributed by atoms with Gasteiger partial charge in [-0.05, 0) is 0 Å². The molecule has 129 valence electrons. The summed E-state index contributed by atoms with van der Waals surface area (Å²) in [6.07, 6.45) is -4.19. The van der Waals surface area contributed by atoms with Crippen molar-refractivity contribution in [3.8, 4) is 0 Å². The van der Waals surface area contributed by atoms with Gasteiger partial charge in [-0.15, -0.1) is 0 Å². The van der Waals surface area contributed by atoms with E-state index in [1.54, 1.807) is 0 Å². The van der Waals surface area contributed by atoms with E-state index >= 15 is 0 Å². The summed E-state index contributed by atoms with van der Waals surface area (Å²) in [7, 11) is 0. The van der Waals surface area contributed by atoms with Crippen molar-refractivity contribution in [3.63, 3.8) is 0 Å². The minimum absolute atomic E-state index is 0.228. The van der Waals surface area contributed by atoms with Gasteiger partial charge in [-0.25, -0.2) is 0 Å². The van der Waals surface area contributed by atoms with Crippen molar-refractivity contribution in [2.24, 2.45) is 0 Å². The van der Waals surface area contributed by atoms with Crippen LogP contribution in [0.1, 0.15) is 27.7 Å². The van der Waals surface area contributed by atoms with Gasteiger partial charge in [0.25, 0.3) is 0 Å². The Bertz CT molecular complexity index is 473. The van der Waals surface area contributed by atoms with Crippen LogP contribution in [-0.2, 0) is 42.9 Å².